The van der Waals surface area contributed by atoms with Crippen LogP contribution in [0.4, 0.5) is 5.69 Å². The van der Waals surface area contributed by atoms with Gasteiger partial charge in [0.15, 0.2) is 0 Å². The summed E-state index contributed by atoms with van der Waals surface area (Å²) in [4.78, 5) is 3.79. The third kappa shape index (κ3) is 3.29. The summed E-state index contributed by atoms with van der Waals surface area (Å²) in [5.41, 5.74) is 0.391. The minimum absolute atomic E-state index is 0.391. The molecule has 1 heterocycles. The van der Waals surface area contributed by atoms with Crippen LogP contribution in [0.3, 0.4) is 0 Å². The fourth-order valence-corrected chi connectivity index (χ4v) is 1.34. The number of anilines is 1. The molecule has 0 unspecified atom stereocenters. The molecule has 0 bridgehead atoms. The first-order chi connectivity index (χ1) is 6.01. The molecule has 6 heteroatoms. The van der Waals surface area contributed by atoms with E-state index >= 15 is 0 Å². The summed E-state index contributed by atoms with van der Waals surface area (Å²) in [6.07, 6.45) is 3.98. The minimum atomic E-state index is -3.25. The predicted octanol–water partition coefficient (Wildman–Crippen LogP) is 0.462. The van der Waals surface area contributed by atoms with E-state index in [4.69, 9.17) is 4.74 Å². The highest BCUT2D eigenvalue weighted by atomic mass is 32.2. The van der Waals surface area contributed by atoms with Crippen molar-refractivity contribution in [1.29, 1.82) is 0 Å². The Kier molecular flexibility index (Phi) is 2.72. The summed E-state index contributed by atoms with van der Waals surface area (Å²) in [5, 5.41) is 0. The molecule has 0 spiro atoms. The third-order valence-electron chi connectivity index (χ3n) is 1.25. The Morgan fingerprint density at radius 1 is 1.46 bits per heavy atom. The van der Waals surface area contributed by atoms with Crippen LogP contribution >= 0.6 is 0 Å². The molecule has 0 saturated carbocycles. The van der Waals surface area contributed by atoms with Crippen LogP contribution in [-0.4, -0.2) is 26.8 Å². The maximum Gasteiger partial charge on any atom is 0.229 e. The van der Waals surface area contributed by atoms with Gasteiger partial charge in [0, 0.05) is 6.07 Å². The molecule has 0 aromatic carbocycles. The number of hydrogen-bond donors (Lipinski definition) is 1. The second kappa shape index (κ2) is 3.61. The number of methoxy groups -OCH3 is 1. The van der Waals surface area contributed by atoms with Crippen LogP contribution in [0.5, 0.6) is 5.75 Å². The average Bonchev–Trinajstić information content (AvgIpc) is 2.01. The maximum absolute atomic E-state index is 10.8. The van der Waals surface area contributed by atoms with Gasteiger partial charge in [-0.2, -0.15) is 0 Å². The largest absolute Gasteiger partial charge is 0.495 e. The average molecular weight is 202 g/mol. The van der Waals surface area contributed by atoms with Crippen LogP contribution in [0.25, 0.3) is 0 Å². The quantitative estimate of drug-likeness (QED) is 0.773. The Morgan fingerprint density at radius 3 is 2.69 bits per heavy atom. The van der Waals surface area contributed by atoms with Gasteiger partial charge in [0.25, 0.3) is 0 Å². The number of sulfonamides is 1. The lowest BCUT2D eigenvalue weighted by molar-refractivity contribution is 0.413. The first-order valence-electron chi connectivity index (χ1n) is 3.48. The second-order valence-electron chi connectivity index (χ2n) is 2.49. The molecular formula is C7H10N2O3S. The molecule has 13 heavy (non-hydrogen) atoms. The number of ether oxygens (including phenoxy) is 1. The number of aromatic nitrogens is 1. The van der Waals surface area contributed by atoms with Crippen LogP contribution in [0, 0.1) is 0 Å². The van der Waals surface area contributed by atoms with E-state index in [9.17, 15) is 8.42 Å². The fraction of sp³-hybridized carbons (Fsp3) is 0.286. The van der Waals surface area contributed by atoms with Crippen molar-refractivity contribution in [2.24, 2.45) is 0 Å². The second-order valence-corrected chi connectivity index (χ2v) is 4.24. The van der Waals surface area contributed by atoms with Crippen LogP contribution in [0.15, 0.2) is 18.5 Å². The van der Waals surface area contributed by atoms with Gasteiger partial charge in [-0.15, -0.1) is 0 Å². The van der Waals surface area contributed by atoms with Crippen molar-refractivity contribution in [3.05, 3.63) is 18.5 Å². The van der Waals surface area contributed by atoms with Gasteiger partial charge in [-0.05, 0) is 0 Å². The van der Waals surface area contributed by atoms with Gasteiger partial charge >= 0.3 is 0 Å². The Bertz CT molecular complexity index is 388. The zero-order chi connectivity index (χ0) is 9.90. The summed E-state index contributed by atoms with van der Waals surface area (Å²) in [5.74, 6) is 0.508. The number of nitrogens with one attached hydrogen (secondary N) is 1. The van der Waals surface area contributed by atoms with E-state index in [2.05, 4.69) is 9.71 Å². The van der Waals surface area contributed by atoms with E-state index in [1.807, 2.05) is 0 Å². The highest BCUT2D eigenvalue weighted by Gasteiger charge is 2.02. The SMILES string of the molecule is COc1cncc(NS(C)(=O)=O)c1. The van der Waals surface area contributed by atoms with Crippen LogP contribution in [-0.2, 0) is 10.0 Å². The van der Waals surface area contributed by atoms with Crippen LogP contribution < -0.4 is 9.46 Å². The molecule has 0 saturated heterocycles. The van der Waals surface area contributed by atoms with Gasteiger partial charge in [-0.3, -0.25) is 9.71 Å². The first kappa shape index (κ1) is 9.79. The summed E-state index contributed by atoms with van der Waals surface area (Å²) in [7, 11) is -1.76. The standard InChI is InChI=1S/C7H10N2O3S/c1-12-7-3-6(4-8-5-7)9-13(2,10)11/h3-5,9H,1-2H3. The van der Waals surface area contributed by atoms with Crippen molar-refractivity contribution < 1.29 is 13.2 Å². The highest BCUT2D eigenvalue weighted by molar-refractivity contribution is 7.92. The lowest BCUT2D eigenvalue weighted by Crippen LogP contribution is -2.09. The maximum atomic E-state index is 10.8. The van der Waals surface area contributed by atoms with Crippen molar-refractivity contribution in [3.8, 4) is 5.75 Å². The molecule has 0 atom stereocenters. The Morgan fingerprint density at radius 2 is 2.15 bits per heavy atom. The molecule has 1 aromatic rings. The number of pyridine rings is 1. The van der Waals surface area contributed by atoms with Gasteiger partial charge in [0.2, 0.25) is 10.0 Å². The molecule has 1 N–H and O–H groups in total. The fourth-order valence-electron chi connectivity index (χ4n) is 0.800. The topological polar surface area (TPSA) is 68.3 Å². The molecule has 0 radical (unpaired) electrons. The van der Waals surface area contributed by atoms with Gasteiger partial charge in [0.1, 0.15) is 5.75 Å². The first-order valence-corrected chi connectivity index (χ1v) is 5.37. The minimum Gasteiger partial charge on any atom is -0.495 e. The Balaban J connectivity index is 2.90. The molecule has 0 aliphatic rings. The molecule has 0 aliphatic heterocycles. The van der Waals surface area contributed by atoms with Crippen LogP contribution in [0.2, 0.25) is 0 Å². The molecule has 5 nitrogen and oxygen atoms in total. The van der Waals surface area contributed by atoms with E-state index in [-0.39, 0.29) is 0 Å². The number of rotatable bonds is 3. The zero-order valence-corrected chi connectivity index (χ0v) is 8.13. The molecular weight excluding hydrogens is 192 g/mol. The smallest absolute Gasteiger partial charge is 0.229 e. The zero-order valence-electron chi connectivity index (χ0n) is 7.31. The summed E-state index contributed by atoms with van der Waals surface area (Å²) in [6, 6.07) is 1.55. The summed E-state index contributed by atoms with van der Waals surface area (Å²) < 4.78 is 28.8. The summed E-state index contributed by atoms with van der Waals surface area (Å²) >= 11 is 0. The van der Waals surface area contributed by atoms with E-state index in [1.165, 1.54) is 19.5 Å². The molecule has 1 rings (SSSR count). The third-order valence-corrected chi connectivity index (χ3v) is 1.86. The highest BCUT2D eigenvalue weighted by Crippen LogP contribution is 2.14. The monoisotopic (exact) mass is 202 g/mol. The molecule has 0 fully saturated rings. The van der Waals surface area contributed by atoms with Crippen molar-refractivity contribution in [2.45, 2.75) is 0 Å². The molecule has 1 aromatic heterocycles. The van der Waals surface area contributed by atoms with E-state index in [0.29, 0.717) is 11.4 Å². The molecule has 72 valence electrons. The predicted molar refractivity (Wildman–Crippen MR) is 49.3 cm³/mol. The van der Waals surface area contributed by atoms with Crippen molar-refractivity contribution in [1.82, 2.24) is 4.98 Å². The van der Waals surface area contributed by atoms with Gasteiger partial charge in [-0.25, -0.2) is 8.42 Å². The van der Waals surface area contributed by atoms with Crippen LogP contribution in [0.1, 0.15) is 0 Å². The molecule has 0 amide bonds. The van der Waals surface area contributed by atoms with E-state index in [1.54, 1.807) is 6.07 Å². The normalized spacial score (nSPS) is 10.9. The summed E-state index contributed by atoms with van der Waals surface area (Å²) in [6.45, 7) is 0. The Labute approximate surface area is 76.8 Å². The lowest BCUT2D eigenvalue weighted by Gasteiger charge is -2.04. The van der Waals surface area contributed by atoms with E-state index < -0.39 is 10.0 Å². The lowest BCUT2D eigenvalue weighted by atomic mass is 10.4. The van der Waals surface area contributed by atoms with E-state index in [0.717, 1.165) is 6.26 Å². The van der Waals surface area contributed by atoms with Crippen molar-refractivity contribution in [2.75, 3.05) is 18.1 Å². The Hall–Kier alpha value is -1.30. The van der Waals surface area contributed by atoms with Crippen molar-refractivity contribution >= 4 is 15.7 Å². The van der Waals surface area contributed by atoms with Gasteiger partial charge in [-0.1, -0.05) is 0 Å². The number of hydrogen-bond acceptors (Lipinski definition) is 4. The number of nitrogens with zero attached hydrogens (tertiary/aromatic N) is 1. The molecule has 0 aliphatic carbocycles. The van der Waals surface area contributed by atoms with Gasteiger partial charge in [0.05, 0.1) is 31.4 Å². The van der Waals surface area contributed by atoms with Crippen molar-refractivity contribution in [3.63, 3.8) is 0 Å². The van der Waals surface area contributed by atoms with Gasteiger partial charge < -0.3 is 4.74 Å².